The smallest absolute Gasteiger partial charge is 0.176 e. The third kappa shape index (κ3) is 3.90. The highest BCUT2D eigenvalue weighted by Gasteiger charge is 2.20. The first kappa shape index (κ1) is 15.2. The number of carbonyl (C=O) groups excluding carboxylic acids is 1. The molecule has 0 radical (unpaired) electrons. The molecule has 1 aromatic carbocycles. The van der Waals surface area contributed by atoms with Gasteiger partial charge in [-0.2, -0.15) is 0 Å². The van der Waals surface area contributed by atoms with Crippen LogP contribution in [0.15, 0.2) is 24.3 Å². The lowest BCUT2D eigenvalue weighted by Crippen LogP contribution is -2.43. The molecular weight excluding hydrogens is 250 g/mol. The van der Waals surface area contributed by atoms with E-state index < -0.39 is 0 Å². The zero-order valence-electron chi connectivity index (χ0n) is 13.0. The van der Waals surface area contributed by atoms with Gasteiger partial charge in [0.1, 0.15) is 0 Å². The fourth-order valence-corrected chi connectivity index (χ4v) is 2.48. The number of rotatable bonds is 3. The molecule has 20 heavy (non-hydrogen) atoms. The van der Waals surface area contributed by atoms with Crippen LogP contribution in [0.3, 0.4) is 0 Å². The third-order valence-corrected chi connectivity index (χ3v) is 3.77. The van der Waals surface area contributed by atoms with E-state index in [1.54, 1.807) is 0 Å². The van der Waals surface area contributed by atoms with Crippen molar-refractivity contribution >= 4 is 5.78 Å². The molecule has 0 amide bonds. The van der Waals surface area contributed by atoms with Crippen molar-refractivity contribution in [2.75, 3.05) is 26.2 Å². The largest absolute Gasteiger partial charge is 0.376 e. The van der Waals surface area contributed by atoms with E-state index in [4.69, 9.17) is 4.74 Å². The van der Waals surface area contributed by atoms with E-state index in [2.05, 4.69) is 44.7 Å². The Kier molecular flexibility index (Phi) is 4.61. The summed E-state index contributed by atoms with van der Waals surface area (Å²) in [5, 5.41) is 0. The van der Waals surface area contributed by atoms with Crippen LogP contribution in [0.25, 0.3) is 0 Å². The van der Waals surface area contributed by atoms with Crippen LogP contribution >= 0.6 is 0 Å². The second kappa shape index (κ2) is 6.06. The first-order valence-electron chi connectivity index (χ1n) is 7.34. The molecule has 1 heterocycles. The van der Waals surface area contributed by atoms with Gasteiger partial charge in [-0.1, -0.05) is 45.0 Å². The molecule has 1 unspecified atom stereocenters. The molecule has 1 saturated heterocycles. The summed E-state index contributed by atoms with van der Waals surface area (Å²) in [5.41, 5.74) is 2.19. The van der Waals surface area contributed by atoms with Crippen molar-refractivity contribution in [1.29, 1.82) is 0 Å². The van der Waals surface area contributed by atoms with Gasteiger partial charge < -0.3 is 4.74 Å². The molecule has 110 valence electrons. The summed E-state index contributed by atoms with van der Waals surface area (Å²) in [7, 11) is 0. The monoisotopic (exact) mass is 275 g/mol. The van der Waals surface area contributed by atoms with Gasteiger partial charge >= 0.3 is 0 Å². The van der Waals surface area contributed by atoms with E-state index >= 15 is 0 Å². The Balaban J connectivity index is 1.99. The van der Waals surface area contributed by atoms with Crippen LogP contribution in [0.1, 0.15) is 43.6 Å². The van der Waals surface area contributed by atoms with E-state index in [0.29, 0.717) is 6.54 Å². The topological polar surface area (TPSA) is 29.5 Å². The Morgan fingerprint density at radius 3 is 2.50 bits per heavy atom. The number of Topliss-reactive ketones (excluding diaryl/α,β-unsaturated/α-hetero) is 1. The zero-order chi connectivity index (χ0) is 14.8. The summed E-state index contributed by atoms with van der Waals surface area (Å²) < 4.78 is 5.50. The highest BCUT2D eigenvalue weighted by Crippen LogP contribution is 2.22. The summed E-state index contributed by atoms with van der Waals surface area (Å²) in [6, 6.07) is 8.03. The maximum Gasteiger partial charge on any atom is 0.176 e. The van der Waals surface area contributed by atoms with E-state index in [9.17, 15) is 4.79 Å². The molecule has 1 aliphatic rings. The van der Waals surface area contributed by atoms with Crippen LogP contribution in [-0.4, -0.2) is 43.0 Å². The minimum Gasteiger partial charge on any atom is -0.376 e. The summed E-state index contributed by atoms with van der Waals surface area (Å²) in [6.07, 6.45) is 0.222. The molecule has 3 heteroatoms. The van der Waals surface area contributed by atoms with Crippen LogP contribution in [0.4, 0.5) is 0 Å². The lowest BCUT2D eigenvalue weighted by Gasteiger charge is -2.30. The van der Waals surface area contributed by atoms with Crippen molar-refractivity contribution in [3.63, 3.8) is 0 Å². The standard InChI is InChI=1S/C17H25NO2/c1-13-11-18(9-10-20-13)12-16(19)14-5-7-15(8-6-14)17(2,3)4/h5-8,13H,9-12H2,1-4H3. The third-order valence-electron chi connectivity index (χ3n) is 3.77. The first-order valence-corrected chi connectivity index (χ1v) is 7.34. The number of hydrogen-bond donors (Lipinski definition) is 0. The molecule has 0 aliphatic carbocycles. The molecule has 0 N–H and O–H groups in total. The van der Waals surface area contributed by atoms with Crippen LogP contribution in [0, 0.1) is 0 Å². The second-order valence-electron chi connectivity index (χ2n) is 6.67. The van der Waals surface area contributed by atoms with E-state index in [-0.39, 0.29) is 17.3 Å². The van der Waals surface area contributed by atoms with Crippen molar-refractivity contribution in [2.24, 2.45) is 0 Å². The van der Waals surface area contributed by atoms with Crippen LogP contribution in [0.5, 0.6) is 0 Å². The number of ketones is 1. The minimum atomic E-state index is 0.126. The highest BCUT2D eigenvalue weighted by atomic mass is 16.5. The molecule has 1 aromatic rings. The van der Waals surface area contributed by atoms with Crippen molar-refractivity contribution in [3.05, 3.63) is 35.4 Å². The summed E-state index contributed by atoms with van der Waals surface area (Å²) in [4.78, 5) is 14.5. The van der Waals surface area contributed by atoms with Gasteiger partial charge in [-0.3, -0.25) is 9.69 Å². The molecule has 0 bridgehead atoms. The van der Waals surface area contributed by atoms with Crippen molar-refractivity contribution in [2.45, 2.75) is 39.2 Å². The normalized spacial score (nSPS) is 20.9. The summed E-state index contributed by atoms with van der Waals surface area (Å²) >= 11 is 0. The van der Waals surface area contributed by atoms with Gasteiger partial charge in [0.15, 0.2) is 5.78 Å². The maximum absolute atomic E-state index is 12.3. The quantitative estimate of drug-likeness (QED) is 0.794. The van der Waals surface area contributed by atoms with Crippen molar-refractivity contribution in [1.82, 2.24) is 4.90 Å². The number of morpholine rings is 1. The van der Waals surface area contributed by atoms with Crippen LogP contribution in [-0.2, 0) is 10.2 Å². The van der Waals surface area contributed by atoms with E-state index in [1.165, 1.54) is 5.56 Å². The van der Waals surface area contributed by atoms with Gasteiger partial charge in [-0.15, -0.1) is 0 Å². The Morgan fingerprint density at radius 1 is 1.30 bits per heavy atom. The molecular formula is C17H25NO2. The number of carbonyl (C=O) groups is 1. The van der Waals surface area contributed by atoms with Crippen LogP contribution < -0.4 is 0 Å². The van der Waals surface area contributed by atoms with E-state index in [1.807, 2.05) is 12.1 Å². The Labute approximate surface area is 121 Å². The van der Waals surface area contributed by atoms with Gasteiger partial charge in [0.2, 0.25) is 0 Å². The molecule has 3 nitrogen and oxygen atoms in total. The Hall–Kier alpha value is -1.19. The fraction of sp³-hybridized carbons (Fsp3) is 0.588. The van der Waals surface area contributed by atoms with Gasteiger partial charge in [0.05, 0.1) is 19.3 Å². The molecule has 1 fully saturated rings. The number of benzene rings is 1. The molecule has 1 aliphatic heterocycles. The average Bonchev–Trinajstić information content (AvgIpc) is 2.38. The van der Waals surface area contributed by atoms with Crippen molar-refractivity contribution < 1.29 is 9.53 Å². The highest BCUT2D eigenvalue weighted by molar-refractivity contribution is 5.97. The van der Waals surface area contributed by atoms with Crippen molar-refractivity contribution in [3.8, 4) is 0 Å². The first-order chi connectivity index (χ1) is 9.36. The number of nitrogens with zero attached hydrogens (tertiary/aromatic N) is 1. The minimum absolute atomic E-state index is 0.126. The van der Waals surface area contributed by atoms with Gasteiger partial charge in [-0.05, 0) is 17.9 Å². The predicted molar refractivity (Wildman–Crippen MR) is 81.3 cm³/mol. The molecule has 1 atom stereocenters. The van der Waals surface area contributed by atoms with E-state index in [0.717, 1.165) is 25.3 Å². The Morgan fingerprint density at radius 2 is 1.95 bits per heavy atom. The second-order valence-corrected chi connectivity index (χ2v) is 6.67. The maximum atomic E-state index is 12.3. The Bertz CT molecular complexity index is 459. The summed E-state index contributed by atoms with van der Waals surface area (Å²) in [5.74, 6) is 0.194. The number of hydrogen-bond acceptors (Lipinski definition) is 3. The summed E-state index contributed by atoms with van der Waals surface area (Å²) in [6.45, 7) is 11.5. The average molecular weight is 275 g/mol. The van der Waals surface area contributed by atoms with Gasteiger partial charge in [-0.25, -0.2) is 0 Å². The van der Waals surface area contributed by atoms with Gasteiger partial charge in [0, 0.05) is 18.7 Å². The lowest BCUT2D eigenvalue weighted by atomic mass is 9.86. The predicted octanol–water partition coefficient (Wildman–Crippen LogP) is 2.89. The molecule has 0 saturated carbocycles. The molecule has 0 spiro atoms. The lowest BCUT2D eigenvalue weighted by molar-refractivity contribution is -0.0158. The zero-order valence-corrected chi connectivity index (χ0v) is 13.0. The fourth-order valence-electron chi connectivity index (χ4n) is 2.48. The number of ether oxygens (including phenoxy) is 1. The molecule has 2 rings (SSSR count). The van der Waals surface area contributed by atoms with Gasteiger partial charge in [0.25, 0.3) is 0 Å². The van der Waals surface area contributed by atoms with Crippen LogP contribution in [0.2, 0.25) is 0 Å². The molecule has 0 aromatic heterocycles. The SMILES string of the molecule is CC1CN(CC(=O)c2ccc(C(C)(C)C)cc2)CCO1.